The molecular formula is C20H20BNO2. The molecule has 2 aromatic carbocycles. The van der Waals surface area contributed by atoms with Crippen LogP contribution >= 0.6 is 0 Å². The van der Waals surface area contributed by atoms with Gasteiger partial charge in [-0.05, 0) is 41.2 Å². The van der Waals surface area contributed by atoms with E-state index in [2.05, 4.69) is 18.2 Å². The van der Waals surface area contributed by atoms with Crippen molar-refractivity contribution >= 4 is 19.2 Å². The van der Waals surface area contributed by atoms with Gasteiger partial charge in [-0.3, -0.25) is 4.79 Å². The lowest BCUT2D eigenvalue weighted by Crippen LogP contribution is -2.35. The van der Waals surface area contributed by atoms with Crippen LogP contribution in [0.3, 0.4) is 0 Å². The molecule has 3 rings (SSSR count). The van der Waals surface area contributed by atoms with Crippen molar-refractivity contribution in [3.63, 3.8) is 0 Å². The monoisotopic (exact) mass is 317 g/mol. The number of aliphatic hydroxyl groups is 1. The van der Waals surface area contributed by atoms with Crippen molar-refractivity contribution < 1.29 is 9.90 Å². The zero-order chi connectivity index (χ0) is 16.9. The molecule has 1 aliphatic rings. The number of rotatable bonds is 3. The Hall–Kier alpha value is -2.33. The Morgan fingerprint density at radius 3 is 2.29 bits per heavy atom. The van der Waals surface area contributed by atoms with Crippen molar-refractivity contribution in [2.75, 3.05) is 13.1 Å². The molecule has 0 bridgehead atoms. The lowest BCUT2D eigenvalue weighted by atomic mass is 9.87. The van der Waals surface area contributed by atoms with Crippen LogP contribution in [0.5, 0.6) is 0 Å². The molecule has 1 fully saturated rings. The fraction of sp³-hybridized carbons (Fsp3) is 0.250. The predicted molar refractivity (Wildman–Crippen MR) is 96.8 cm³/mol. The number of nitrogens with zero attached hydrogens (tertiary/aromatic N) is 1. The quantitative estimate of drug-likeness (QED) is 0.882. The molecule has 2 aromatic rings. The number of aliphatic hydroxyl groups excluding tert-OH is 1. The van der Waals surface area contributed by atoms with Gasteiger partial charge in [0.15, 0.2) is 5.81 Å². The van der Waals surface area contributed by atoms with Gasteiger partial charge in [0.05, 0.1) is 6.61 Å². The van der Waals surface area contributed by atoms with Crippen LogP contribution in [-0.2, 0) is 6.61 Å². The highest BCUT2D eigenvalue weighted by Gasteiger charge is 2.20. The Kier molecular flexibility index (Phi) is 5.16. The Bertz CT molecular complexity index is 745. The number of amides is 1. The minimum absolute atomic E-state index is 0.0285. The Labute approximate surface area is 144 Å². The van der Waals surface area contributed by atoms with Crippen molar-refractivity contribution in [2.24, 2.45) is 0 Å². The van der Waals surface area contributed by atoms with E-state index in [1.165, 1.54) is 11.1 Å². The molecule has 0 unspecified atom stereocenters. The first-order chi connectivity index (χ1) is 11.7. The molecule has 0 spiro atoms. The second-order valence-corrected chi connectivity index (χ2v) is 6.03. The predicted octanol–water partition coefficient (Wildman–Crippen LogP) is 3.37. The van der Waals surface area contributed by atoms with E-state index in [-0.39, 0.29) is 12.4 Å². The summed E-state index contributed by atoms with van der Waals surface area (Å²) < 4.78 is 0. The molecule has 1 N–H and O–H groups in total. The van der Waals surface area contributed by atoms with Gasteiger partial charge in [-0.25, -0.2) is 0 Å². The molecule has 1 amide bonds. The molecule has 4 heteroatoms. The Morgan fingerprint density at radius 1 is 1.00 bits per heavy atom. The van der Waals surface area contributed by atoms with E-state index in [9.17, 15) is 9.90 Å². The van der Waals surface area contributed by atoms with Crippen LogP contribution in [0.25, 0.3) is 5.57 Å². The van der Waals surface area contributed by atoms with Crippen molar-refractivity contribution in [2.45, 2.75) is 19.4 Å². The van der Waals surface area contributed by atoms with Crippen LogP contribution in [0.1, 0.15) is 29.5 Å². The fourth-order valence-electron chi connectivity index (χ4n) is 3.25. The molecule has 1 saturated heterocycles. The first kappa shape index (κ1) is 16.5. The van der Waals surface area contributed by atoms with Crippen molar-refractivity contribution in [3.8, 4) is 0 Å². The second kappa shape index (κ2) is 7.50. The van der Waals surface area contributed by atoms with Crippen LogP contribution in [0.4, 0.5) is 4.79 Å². The van der Waals surface area contributed by atoms with Gasteiger partial charge in [-0.1, -0.05) is 54.1 Å². The maximum atomic E-state index is 11.4. The van der Waals surface area contributed by atoms with Crippen molar-refractivity contribution in [1.82, 2.24) is 4.90 Å². The van der Waals surface area contributed by atoms with Crippen molar-refractivity contribution in [1.29, 1.82) is 0 Å². The topological polar surface area (TPSA) is 40.5 Å². The van der Waals surface area contributed by atoms with E-state index in [1.54, 1.807) is 4.90 Å². The SMILES string of the molecule is [B]C(=O)N1CCC(=C(c2ccccc2)c2cccc(CO)c2)CC1. The summed E-state index contributed by atoms with van der Waals surface area (Å²) in [7, 11) is 5.39. The standard InChI is InChI=1S/C20H20BNO2/c21-20(24)22-11-9-17(10-12-22)19(16-6-2-1-3-7-16)18-8-4-5-15(13-18)14-23/h1-8,13,23H,9-12,14H2. The molecule has 0 aliphatic carbocycles. The zero-order valence-corrected chi connectivity index (χ0v) is 13.6. The molecule has 120 valence electrons. The highest BCUT2D eigenvalue weighted by atomic mass is 16.3. The Balaban J connectivity index is 2.03. The van der Waals surface area contributed by atoms with E-state index < -0.39 is 0 Å². The maximum absolute atomic E-state index is 11.4. The largest absolute Gasteiger partial charge is 0.392 e. The second-order valence-electron chi connectivity index (χ2n) is 6.03. The number of likely N-dealkylation sites (tertiary alicyclic amines) is 1. The van der Waals surface area contributed by atoms with Gasteiger partial charge in [0, 0.05) is 13.1 Å². The molecular weight excluding hydrogens is 297 g/mol. The van der Waals surface area contributed by atoms with Crippen LogP contribution in [0, 0.1) is 0 Å². The van der Waals surface area contributed by atoms with Gasteiger partial charge in [-0.15, -0.1) is 0 Å². The lowest BCUT2D eigenvalue weighted by molar-refractivity contribution is 0.217. The fourth-order valence-corrected chi connectivity index (χ4v) is 3.25. The number of hydrogen-bond donors (Lipinski definition) is 1. The number of carbonyl (C=O) groups excluding carboxylic acids is 1. The third-order valence-electron chi connectivity index (χ3n) is 4.49. The summed E-state index contributed by atoms with van der Waals surface area (Å²) in [6, 6.07) is 18.3. The summed E-state index contributed by atoms with van der Waals surface area (Å²) in [6.45, 7) is 1.34. The maximum Gasteiger partial charge on any atom is 0.200 e. The molecule has 0 aromatic heterocycles. The number of benzene rings is 2. The first-order valence-corrected chi connectivity index (χ1v) is 8.21. The van der Waals surface area contributed by atoms with Gasteiger partial charge in [0.25, 0.3) is 0 Å². The lowest BCUT2D eigenvalue weighted by Gasteiger charge is -2.30. The summed E-state index contributed by atoms with van der Waals surface area (Å²) in [6.07, 6.45) is 1.63. The zero-order valence-electron chi connectivity index (χ0n) is 13.6. The highest BCUT2D eigenvalue weighted by molar-refractivity contribution is 6.56. The molecule has 0 saturated carbocycles. The minimum atomic E-state index is -0.349. The summed E-state index contributed by atoms with van der Waals surface area (Å²) in [5.74, 6) is -0.349. The third kappa shape index (κ3) is 3.60. The molecule has 0 atom stereocenters. The first-order valence-electron chi connectivity index (χ1n) is 8.21. The normalized spacial score (nSPS) is 14.5. The van der Waals surface area contributed by atoms with Crippen molar-refractivity contribution in [3.05, 3.63) is 76.9 Å². The summed E-state index contributed by atoms with van der Waals surface area (Å²) in [5.41, 5.74) is 5.70. The van der Waals surface area contributed by atoms with Crippen LogP contribution in [0.2, 0.25) is 0 Å². The summed E-state index contributed by atoms with van der Waals surface area (Å²) in [4.78, 5) is 13.0. The van der Waals surface area contributed by atoms with Gasteiger partial charge in [-0.2, -0.15) is 0 Å². The number of carbonyl (C=O) groups is 1. The van der Waals surface area contributed by atoms with Crippen LogP contribution in [-0.4, -0.2) is 36.7 Å². The van der Waals surface area contributed by atoms with E-state index in [0.29, 0.717) is 13.1 Å². The average molecular weight is 317 g/mol. The number of hydrogen-bond acceptors (Lipinski definition) is 2. The molecule has 3 nitrogen and oxygen atoms in total. The smallest absolute Gasteiger partial charge is 0.200 e. The Morgan fingerprint density at radius 2 is 1.67 bits per heavy atom. The molecule has 24 heavy (non-hydrogen) atoms. The third-order valence-corrected chi connectivity index (χ3v) is 4.49. The summed E-state index contributed by atoms with van der Waals surface area (Å²) in [5, 5.41) is 9.45. The summed E-state index contributed by atoms with van der Waals surface area (Å²) >= 11 is 0. The highest BCUT2D eigenvalue weighted by Crippen LogP contribution is 2.32. The minimum Gasteiger partial charge on any atom is -0.392 e. The average Bonchev–Trinajstić information content (AvgIpc) is 2.63. The number of piperidine rings is 1. The van der Waals surface area contributed by atoms with E-state index in [1.807, 2.05) is 36.4 Å². The van der Waals surface area contributed by atoms with E-state index >= 15 is 0 Å². The van der Waals surface area contributed by atoms with Crippen LogP contribution in [0.15, 0.2) is 60.2 Å². The van der Waals surface area contributed by atoms with Crippen LogP contribution < -0.4 is 0 Å². The molecule has 1 aliphatic heterocycles. The molecule has 2 radical (unpaired) electrons. The van der Waals surface area contributed by atoms with Gasteiger partial charge < -0.3 is 10.0 Å². The molecule has 1 heterocycles. The van der Waals surface area contributed by atoms with E-state index in [0.717, 1.165) is 29.5 Å². The van der Waals surface area contributed by atoms with E-state index in [4.69, 9.17) is 7.85 Å². The van der Waals surface area contributed by atoms with Gasteiger partial charge in [0.1, 0.15) is 0 Å². The van der Waals surface area contributed by atoms with Gasteiger partial charge in [0.2, 0.25) is 7.85 Å². The van der Waals surface area contributed by atoms with Gasteiger partial charge >= 0.3 is 0 Å².